The van der Waals surface area contributed by atoms with Crippen molar-refractivity contribution < 1.29 is 4.79 Å². The molecule has 140 valence electrons. The van der Waals surface area contributed by atoms with Gasteiger partial charge in [0.1, 0.15) is 0 Å². The summed E-state index contributed by atoms with van der Waals surface area (Å²) in [6.45, 7) is 4.41. The third kappa shape index (κ3) is 2.79. The molecule has 0 aromatic heterocycles. The summed E-state index contributed by atoms with van der Waals surface area (Å²) >= 11 is 2.41. The zero-order valence-corrected chi connectivity index (χ0v) is 18.2. The highest BCUT2D eigenvalue weighted by molar-refractivity contribution is 14.1. The molecule has 28 heavy (non-hydrogen) atoms. The first-order valence-corrected chi connectivity index (χ1v) is 10.8. The van der Waals surface area contributed by atoms with Crippen LogP contribution in [0.3, 0.4) is 0 Å². The number of fused-ring (bicyclic) bond motifs is 4. The van der Waals surface area contributed by atoms with Crippen LogP contribution in [0.1, 0.15) is 43.9 Å². The zero-order chi connectivity index (χ0) is 19.5. The first-order valence-electron chi connectivity index (χ1n) is 9.74. The van der Waals surface area contributed by atoms with Gasteiger partial charge >= 0.3 is 0 Å². The van der Waals surface area contributed by atoms with E-state index in [-0.39, 0.29) is 17.2 Å². The molecule has 2 nitrogen and oxygen atoms in total. The number of carbonyl (C=O) groups is 1. The van der Waals surface area contributed by atoms with Gasteiger partial charge in [-0.25, -0.2) is 0 Å². The van der Waals surface area contributed by atoms with Crippen LogP contribution in [-0.4, -0.2) is 5.78 Å². The number of halogens is 1. The summed E-state index contributed by atoms with van der Waals surface area (Å²) in [6.07, 6.45) is 1.54. The lowest BCUT2D eigenvalue weighted by atomic mass is 9.68. The number of ketones is 1. The number of hydrogen-bond donors (Lipinski definition) is 1. The van der Waals surface area contributed by atoms with Crippen molar-refractivity contribution in [3.63, 3.8) is 0 Å². The number of carbonyl (C=O) groups excluding carboxylic acids is 1. The minimum Gasteiger partial charge on any atom is -0.373 e. The Hall–Kier alpha value is -2.14. The molecule has 1 aliphatic heterocycles. The second-order valence-corrected chi connectivity index (χ2v) is 9.81. The van der Waals surface area contributed by atoms with Crippen LogP contribution in [0.2, 0.25) is 0 Å². The second-order valence-electron chi connectivity index (χ2n) is 8.65. The largest absolute Gasteiger partial charge is 0.373 e. The topological polar surface area (TPSA) is 29.1 Å². The summed E-state index contributed by atoms with van der Waals surface area (Å²) in [5, 5.41) is 6.22. The van der Waals surface area contributed by atoms with Crippen LogP contribution in [0.25, 0.3) is 16.3 Å². The number of hydrogen-bond acceptors (Lipinski definition) is 2. The predicted molar refractivity (Wildman–Crippen MR) is 124 cm³/mol. The lowest BCUT2D eigenvalue weighted by molar-refractivity contribution is -0.116. The van der Waals surface area contributed by atoms with Gasteiger partial charge in [-0.15, -0.1) is 0 Å². The van der Waals surface area contributed by atoms with Gasteiger partial charge in [-0.2, -0.15) is 0 Å². The van der Waals surface area contributed by atoms with E-state index in [1.54, 1.807) is 0 Å². The van der Waals surface area contributed by atoms with E-state index in [1.165, 1.54) is 25.5 Å². The Bertz CT molecular complexity index is 1160. The van der Waals surface area contributed by atoms with Crippen LogP contribution in [-0.2, 0) is 4.79 Å². The van der Waals surface area contributed by atoms with Crippen molar-refractivity contribution in [3.05, 3.63) is 80.9 Å². The molecule has 0 unspecified atom stereocenters. The average Bonchev–Trinajstić information content (AvgIpc) is 2.66. The molecule has 1 heterocycles. The van der Waals surface area contributed by atoms with E-state index in [1.807, 2.05) is 0 Å². The Morgan fingerprint density at radius 3 is 2.54 bits per heavy atom. The quantitative estimate of drug-likeness (QED) is 0.391. The number of rotatable bonds is 1. The number of benzene rings is 3. The fourth-order valence-corrected chi connectivity index (χ4v) is 5.48. The highest BCUT2D eigenvalue weighted by Gasteiger charge is 2.40. The Morgan fingerprint density at radius 1 is 0.964 bits per heavy atom. The molecule has 0 fully saturated rings. The number of allylic oxidation sites excluding steroid dienone is 1. The molecular weight excluding hydrogens is 457 g/mol. The lowest BCUT2D eigenvalue weighted by Crippen LogP contribution is -2.32. The monoisotopic (exact) mass is 479 g/mol. The SMILES string of the molecule is CC1(C)CC(=O)C2=C(C1)[C@@H](c1ccccc1I)Nc1c2ccc2ccccc12. The minimum absolute atomic E-state index is 0.00951. The van der Waals surface area contributed by atoms with Gasteiger partial charge in [0.2, 0.25) is 0 Å². The van der Waals surface area contributed by atoms with Crippen LogP contribution in [0, 0.1) is 8.99 Å². The molecule has 3 heteroatoms. The molecule has 0 bridgehead atoms. The molecule has 3 aromatic carbocycles. The van der Waals surface area contributed by atoms with Crippen molar-refractivity contribution in [2.24, 2.45) is 5.41 Å². The van der Waals surface area contributed by atoms with E-state index in [0.29, 0.717) is 6.42 Å². The standard InChI is InChI=1S/C25H22INO/c1-25(2)13-19-22(21(28)14-25)18-12-11-15-7-3-4-8-16(15)23(18)27-24(19)17-9-5-6-10-20(17)26/h3-12,24,27H,13-14H2,1-2H3/t24-/m1/s1. The van der Waals surface area contributed by atoms with Gasteiger partial charge in [-0.3, -0.25) is 4.79 Å². The van der Waals surface area contributed by atoms with Crippen LogP contribution < -0.4 is 5.32 Å². The third-order valence-corrected chi connectivity index (χ3v) is 6.94. The molecule has 5 rings (SSSR count). The summed E-state index contributed by atoms with van der Waals surface area (Å²) in [4.78, 5) is 13.3. The first kappa shape index (κ1) is 17.9. The van der Waals surface area contributed by atoms with E-state index in [0.717, 1.165) is 23.2 Å². The van der Waals surface area contributed by atoms with E-state index in [2.05, 4.69) is 102 Å². The first-order chi connectivity index (χ1) is 13.4. The molecule has 0 amide bonds. The molecule has 2 aliphatic rings. The molecule has 0 spiro atoms. The van der Waals surface area contributed by atoms with Crippen LogP contribution in [0.15, 0.2) is 66.2 Å². The van der Waals surface area contributed by atoms with E-state index in [9.17, 15) is 4.79 Å². The Morgan fingerprint density at radius 2 is 1.71 bits per heavy atom. The van der Waals surface area contributed by atoms with Crippen LogP contribution in [0.4, 0.5) is 5.69 Å². The fraction of sp³-hybridized carbons (Fsp3) is 0.240. The highest BCUT2D eigenvalue weighted by atomic mass is 127. The molecular formula is C25H22INO. The van der Waals surface area contributed by atoms with Gasteiger partial charge < -0.3 is 5.32 Å². The smallest absolute Gasteiger partial charge is 0.164 e. The van der Waals surface area contributed by atoms with Gasteiger partial charge in [-0.1, -0.05) is 68.4 Å². The molecule has 1 atom stereocenters. The van der Waals surface area contributed by atoms with E-state index in [4.69, 9.17) is 0 Å². The lowest BCUT2D eigenvalue weighted by Gasteiger charge is -2.40. The summed E-state index contributed by atoms with van der Waals surface area (Å²) in [5.74, 6) is 0.278. The molecule has 1 aliphatic carbocycles. The summed E-state index contributed by atoms with van der Waals surface area (Å²) in [6, 6.07) is 21.2. The van der Waals surface area contributed by atoms with Crippen molar-refractivity contribution >= 4 is 50.4 Å². The van der Waals surface area contributed by atoms with Crippen molar-refractivity contribution in [1.82, 2.24) is 0 Å². The molecule has 3 aromatic rings. The molecule has 1 N–H and O–H groups in total. The Balaban J connectivity index is 1.82. The van der Waals surface area contributed by atoms with E-state index >= 15 is 0 Å². The molecule has 0 saturated carbocycles. The predicted octanol–water partition coefficient (Wildman–Crippen LogP) is 6.75. The summed E-state index contributed by atoms with van der Waals surface area (Å²) < 4.78 is 1.23. The van der Waals surface area contributed by atoms with Crippen LogP contribution >= 0.6 is 22.6 Å². The summed E-state index contributed by atoms with van der Waals surface area (Å²) in [7, 11) is 0. The van der Waals surface area contributed by atoms with Gasteiger partial charge in [0.15, 0.2) is 5.78 Å². The van der Waals surface area contributed by atoms with Crippen molar-refractivity contribution in [1.29, 1.82) is 0 Å². The number of anilines is 1. The van der Waals surface area contributed by atoms with Gasteiger partial charge in [0.05, 0.1) is 11.7 Å². The maximum atomic E-state index is 13.3. The molecule has 0 saturated heterocycles. The number of nitrogens with one attached hydrogen (secondary N) is 1. The van der Waals surface area contributed by atoms with Crippen molar-refractivity contribution in [2.45, 2.75) is 32.7 Å². The van der Waals surface area contributed by atoms with E-state index < -0.39 is 0 Å². The van der Waals surface area contributed by atoms with Crippen LogP contribution in [0.5, 0.6) is 0 Å². The fourth-order valence-electron chi connectivity index (χ4n) is 4.78. The summed E-state index contributed by atoms with van der Waals surface area (Å²) in [5.41, 5.74) is 5.59. The Labute approximate surface area is 179 Å². The number of Topliss-reactive ketones (excluding diaryl/α,β-unsaturated/α-hetero) is 1. The van der Waals surface area contributed by atoms with Crippen molar-refractivity contribution in [3.8, 4) is 0 Å². The molecule has 0 radical (unpaired) electrons. The minimum atomic E-state index is -0.00951. The Kier molecular flexibility index (Phi) is 4.13. The zero-order valence-electron chi connectivity index (χ0n) is 16.1. The van der Waals surface area contributed by atoms with Gasteiger partial charge in [0.25, 0.3) is 0 Å². The maximum Gasteiger partial charge on any atom is 0.164 e. The third-order valence-electron chi connectivity index (χ3n) is 5.96. The highest BCUT2D eigenvalue weighted by Crippen LogP contribution is 2.51. The van der Waals surface area contributed by atoms with Gasteiger partial charge in [-0.05, 0) is 57.0 Å². The normalized spacial score (nSPS) is 20.5. The van der Waals surface area contributed by atoms with Gasteiger partial charge in [0, 0.05) is 26.5 Å². The second kappa shape index (κ2) is 6.45. The van der Waals surface area contributed by atoms with Crippen molar-refractivity contribution in [2.75, 3.05) is 5.32 Å². The maximum absolute atomic E-state index is 13.3. The average molecular weight is 479 g/mol.